The summed E-state index contributed by atoms with van der Waals surface area (Å²) >= 11 is 0. The predicted octanol–water partition coefficient (Wildman–Crippen LogP) is 5.25. The molecule has 0 aliphatic heterocycles. The second-order valence-electron chi connectivity index (χ2n) is 6.89. The standard InChI is InChI=1S/2C8H18N2.2CHO.Ru/c2*1-6-7(9-5)10-8(2,3)4;2*1-2;/h2*7H,6H2,1-5H3;2*1H;/q2*-2;2*-1;+6. The van der Waals surface area contributed by atoms with Gasteiger partial charge in [-0.05, 0) is 0 Å². The summed E-state index contributed by atoms with van der Waals surface area (Å²) in [6, 6.07) is 0. The van der Waals surface area contributed by atoms with Gasteiger partial charge in [0.1, 0.15) is 0 Å². The van der Waals surface area contributed by atoms with Crippen LogP contribution in [0, 0.1) is 0 Å². The molecular formula is C18H38N4O2Ru. The maximum absolute atomic E-state index is 7.75. The van der Waals surface area contributed by atoms with E-state index >= 15 is 0 Å². The first-order valence-electron chi connectivity index (χ1n) is 8.08. The summed E-state index contributed by atoms with van der Waals surface area (Å²) in [6.07, 6.45) is 2.40. The molecule has 0 spiro atoms. The van der Waals surface area contributed by atoms with Crippen LogP contribution in [0.1, 0.15) is 68.2 Å². The molecule has 0 rings (SSSR count). The molecule has 2 atom stereocenters. The Morgan fingerprint density at radius 1 is 0.680 bits per heavy atom. The summed E-state index contributed by atoms with van der Waals surface area (Å²) in [7, 11) is 3.65. The van der Waals surface area contributed by atoms with Crippen LogP contribution in [0.25, 0.3) is 21.3 Å². The van der Waals surface area contributed by atoms with E-state index in [0.717, 1.165) is 12.8 Å². The molecule has 0 aromatic rings. The van der Waals surface area contributed by atoms with Gasteiger partial charge in [0.2, 0.25) is 0 Å². The van der Waals surface area contributed by atoms with Crippen LogP contribution < -0.4 is 0 Å². The zero-order chi connectivity index (χ0) is 20.4. The van der Waals surface area contributed by atoms with E-state index in [0.29, 0.717) is 0 Å². The van der Waals surface area contributed by atoms with E-state index in [9.17, 15) is 0 Å². The summed E-state index contributed by atoms with van der Waals surface area (Å²) in [6.45, 7) is 23.3. The van der Waals surface area contributed by atoms with Crippen LogP contribution in [0.2, 0.25) is 0 Å². The van der Waals surface area contributed by atoms with Crippen molar-refractivity contribution >= 4 is 13.6 Å². The van der Waals surface area contributed by atoms with E-state index in [-0.39, 0.29) is 42.9 Å². The van der Waals surface area contributed by atoms with Gasteiger partial charge in [-0.2, -0.15) is 14.1 Å². The Kier molecular flexibility index (Phi) is 31.3. The van der Waals surface area contributed by atoms with E-state index in [4.69, 9.17) is 9.59 Å². The van der Waals surface area contributed by atoms with Crippen LogP contribution in [0.15, 0.2) is 0 Å². The Balaban J connectivity index is -0.0000000858. The third-order valence-corrected chi connectivity index (χ3v) is 2.40. The molecule has 2 unspecified atom stereocenters. The van der Waals surface area contributed by atoms with E-state index in [1.54, 1.807) is 0 Å². The molecular weight excluding hydrogens is 405 g/mol. The Labute approximate surface area is 169 Å². The molecule has 0 aromatic heterocycles. The van der Waals surface area contributed by atoms with E-state index in [1.165, 1.54) is 0 Å². The molecule has 150 valence electrons. The first-order chi connectivity index (χ1) is 11.0. The van der Waals surface area contributed by atoms with Crippen LogP contribution >= 0.6 is 0 Å². The summed E-state index contributed by atoms with van der Waals surface area (Å²) in [4.78, 5) is 15.5. The molecule has 0 fully saturated rings. The largest absolute Gasteiger partial charge is 6.00 e. The molecule has 0 radical (unpaired) electrons. The molecule has 0 saturated heterocycles. The monoisotopic (exact) mass is 444 g/mol. The molecule has 0 N–H and O–H groups in total. The third kappa shape index (κ3) is 35.7. The molecule has 0 amide bonds. The topological polar surface area (TPSA) is 90.5 Å². The number of hydrogen-bond donors (Lipinski definition) is 0. The maximum Gasteiger partial charge on any atom is 6.00 e. The minimum Gasteiger partial charge on any atom is -0.681 e. The molecule has 0 aliphatic carbocycles. The van der Waals surface area contributed by atoms with Crippen molar-refractivity contribution in [2.45, 2.75) is 91.6 Å². The second kappa shape index (κ2) is 21.8. The van der Waals surface area contributed by atoms with Crippen molar-refractivity contribution in [3.8, 4) is 0 Å². The van der Waals surface area contributed by atoms with Gasteiger partial charge in [0.25, 0.3) is 0 Å². The minimum atomic E-state index is 0. The normalized spacial score (nSPS) is 12.6. The number of rotatable bonds is 6. The van der Waals surface area contributed by atoms with Crippen molar-refractivity contribution in [3.05, 3.63) is 21.3 Å². The predicted molar refractivity (Wildman–Crippen MR) is 106 cm³/mol. The Bertz CT molecular complexity index is 222. The van der Waals surface area contributed by atoms with Gasteiger partial charge in [-0.1, -0.05) is 68.2 Å². The van der Waals surface area contributed by atoms with Crippen LogP contribution in [-0.4, -0.2) is 51.1 Å². The van der Waals surface area contributed by atoms with Crippen molar-refractivity contribution < 1.29 is 29.1 Å². The van der Waals surface area contributed by atoms with Crippen molar-refractivity contribution in [2.24, 2.45) is 0 Å². The van der Waals surface area contributed by atoms with Gasteiger partial charge in [0, 0.05) is 0 Å². The molecule has 0 aromatic carbocycles. The van der Waals surface area contributed by atoms with E-state index in [2.05, 4.69) is 90.2 Å². The van der Waals surface area contributed by atoms with Gasteiger partial charge in [-0.25, -0.2) is 12.3 Å². The second-order valence-corrected chi connectivity index (χ2v) is 6.89. The number of nitrogens with zero attached hydrogens (tertiary/aromatic N) is 4. The molecule has 25 heavy (non-hydrogen) atoms. The number of hydrogen-bond acceptors (Lipinski definition) is 2. The van der Waals surface area contributed by atoms with Gasteiger partial charge in [0.15, 0.2) is 0 Å². The SMILES string of the molecule is CCC([N-]C)[N-]C(C)(C)C.CCC([N-]C)[N-]C(C)(C)C.[CH-]=O.[CH-]=O.[Ru+6]. The summed E-state index contributed by atoms with van der Waals surface area (Å²) in [5.41, 5.74) is 0.111. The minimum absolute atomic E-state index is 0. The first kappa shape index (κ1) is 35.8. The molecule has 6 nitrogen and oxygen atoms in total. The Morgan fingerprint density at radius 2 is 0.880 bits per heavy atom. The average Bonchev–Trinajstić information content (AvgIpc) is 2.53. The molecule has 0 heterocycles. The number of carbonyl (C=O) groups excluding carboxylic acids is 2. The Morgan fingerprint density at radius 3 is 0.920 bits per heavy atom. The van der Waals surface area contributed by atoms with Gasteiger partial charge >= 0.3 is 19.5 Å². The van der Waals surface area contributed by atoms with Gasteiger partial charge < -0.3 is 30.9 Å². The van der Waals surface area contributed by atoms with E-state index in [1.807, 2.05) is 14.1 Å². The van der Waals surface area contributed by atoms with Crippen LogP contribution in [-0.2, 0) is 29.1 Å². The maximum atomic E-state index is 7.75. The zero-order valence-electron chi connectivity index (χ0n) is 17.7. The zero-order valence-corrected chi connectivity index (χ0v) is 19.4. The van der Waals surface area contributed by atoms with Crippen LogP contribution in [0.5, 0.6) is 0 Å². The van der Waals surface area contributed by atoms with Crippen LogP contribution in [0.3, 0.4) is 0 Å². The van der Waals surface area contributed by atoms with Crippen molar-refractivity contribution in [2.75, 3.05) is 14.1 Å². The van der Waals surface area contributed by atoms with E-state index < -0.39 is 0 Å². The van der Waals surface area contributed by atoms with Crippen molar-refractivity contribution in [1.29, 1.82) is 0 Å². The molecule has 7 heteroatoms. The fraction of sp³-hybridized carbons (Fsp3) is 0.889. The summed E-state index contributed by atoms with van der Waals surface area (Å²) < 4.78 is 0. The average molecular weight is 444 g/mol. The van der Waals surface area contributed by atoms with Gasteiger partial charge in [-0.3, -0.25) is 13.6 Å². The first-order valence-corrected chi connectivity index (χ1v) is 8.08. The fourth-order valence-electron chi connectivity index (χ4n) is 1.56. The smallest absolute Gasteiger partial charge is 0.681 e. The quantitative estimate of drug-likeness (QED) is 0.319. The van der Waals surface area contributed by atoms with Crippen molar-refractivity contribution in [1.82, 2.24) is 0 Å². The molecule has 0 aliphatic rings. The van der Waals surface area contributed by atoms with Gasteiger partial charge in [-0.15, -0.1) is 11.1 Å². The Hall–Kier alpha value is -0.197. The van der Waals surface area contributed by atoms with Crippen LogP contribution in [0.4, 0.5) is 0 Å². The molecule has 0 bridgehead atoms. The summed E-state index contributed by atoms with van der Waals surface area (Å²) in [5.74, 6) is 0. The van der Waals surface area contributed by atoms with Gasteiger partial charge in [0.05, 0.1) is 0 Å². The molecule has 0 saturated carbocycles. The summed E-state index contributed by atoms with van der Waals surface area (Å²) in [5, 5.41) is 17.2. The third-order valence-electron chi connectivity index (χ3n) is 2.40. The fourth-order valence-corrected chi connectivity index (χ4v) is 1.56. The van der Waals surface area contributed by atoms with Crippen molar-refractivity contribution in [3.63, 3.8) is 0 Å².